The second-order valence-corrected chi connectivity index (χ2v) is 5.03. The molecule has 0 bridgehead atoms. The smallest absolute Gasteiger partial charge is 0.339 e. The Morgan fingerprint density at radius 2 is 1.76 bits per heavy atom. The first-order valence-electron chi connectivity index (χ1n) is 7.41. The van der Waals surface area contributed by atoms with Crippen LogP contribution >= 0.6 is 0 Å². The summed E-state index contributed by atoms with van der Waals surface area (Å²) < 4.78 is 15.1. The van der Waals surface area contributed by atoms with Crippen LogP contribution in [0.5, 0.6) is 11.5 Å². The molecule has 7 nitrogen and oxygen atoms in total. The number of carboxylic acids is 1. The van der Waals surface area contributed by atoms with Crippen LogP contribution in [0, 0.1) is 0 Å². The molecule has 25 heavy (non-hydrogen) atoms. The minimum atomic E-state index is -1.13. The zero-order valence-corrected chi connectivity index (χ0v) is 14.2. The van der Waals surface area contributed by atoms with Gasteiger partial charge in [-0.2, -0.15) is 0 Å². The first kappa shape index (κ1) is 18.1. The Hall–Kier alpha value is -3.22. The normalized spacial score (nSPS) is 10.0. The maximum Gasteiger partial charge on any atom is 0.339 e. The number of ether oxygens (including phenoxy) is 3. The van der Waals surface area contributed by atoms with Crippen molar-refractivity contribution >= 4 is 17.6 Å². The minimum absolute atomic E-state index is 0.00454. The zero-order chi connectivity index (χ0) is 18.4. The van der Waals surface area contributed by atoms with E-state index in [0.717, 1.165) is 0 Å². The predicted molar refractivity (Wildman–Crippen MR) is 91.6 cm³/mol. The van der Waals surface area contributed by atoms with Gasteiger partial charge >= 0.3 is 11.9 Å². The van der Waals surface area contributed by atoms with Crippen molar-refractivity contribution in [1.82, 2.24) is 0 Å². The number of nitrogens with one attached hydrogen (secondary N) is 1. The molecule has 0 aromatic heterocycles. The Morgan fingerprint density at radius 3 is 2.36 bits per heavy atom. The summed E-state index contributed by atoms with van der Waals surface area (Å²) in [4.78, 5) is 23.5. The Bertz CT molecular complexity index is 787. The van der Waals surface area contributed by atoms with Crippen LogP contribution in [0.3, 0.4) is 0 Å². The number of benzene rings is 2. The summed E-state index contributed by atoms with van der Waals surface area (Å²) in [6.07, 6.45) is 0. The molecule has 7 heteroatoms. The number of para-hydroxylation sites is 1. The Morgan fingerprint density at radius 1 is 1.04 bits per heavy atom. The van der Waals surface area contributed by atoms with Crippen molar-refractivity contribution < 1.29 is 28.9 Å². The number of carbonyl (C=O) groups excluding carboxylic acids is 1. The molecule has 0 heterocycles. The van der Waals surface area contributed by atoms with Crippen LogP contribution in [0.15, 0.2) is 36.4 Å². The fourth-order valence-corrected chi connectivity index (χ4v) is 2.47. The van der Waals surface area contributed by atoms with E-state index >= 15 is 0 Å². The number of carbonyl (C=O) groups is 2. The van der Waals surface area contributed by atoms with E-state index in [9.17, 15) is 14.7 Å². The molecule has 2 N–H and O–H groups in total. The van der Waals surface area contributed by atoms with Crippen molar-refractivity contribution in [2.45, 2.75) is 6.54 Å². The van der Waals surface area contributed by atoms with E-state index in [4.69, 9.17) is 14.2 Å². The number of esters is 1. The van der Waals surface area contributed by atoms with Gasteiger partial charge in [0.1, 0.15) is 5.56 Å². The number of rotatable bonds is 7. The first-order valence-corrected chi connectivity index (χ1v) is 7.41. The van der Waals surface area contributed by atoms with E-state index in [-0.39, 0.29) is 17.9 Å². The maximum absolute atomic E-state index is 11.8. The Balaban J connectivity index is 2.36. The summed E-state index contributed by atoms with van der Waals surface area (Å²) in [6, 6.07) is 10.1. The van der Waals surface area contributed by atoms with Gasteiger partial charge in [0, 0.05) is 12.2 Å². The Kier molecular flexibility index (Phi) is 5.84. The van der Waals surface area contributed by atoms with E-state index < -0.39 is 11.9 Å². The molecule has 0 saturated heterocycles. The lowest BCUT2D eigenvalue weighted by Gasteiger charge is -2.16. The number of aromatic carboxylic acids is 1. The standard InChI is InChI=1S/C18H19NO6/c1-23-14-9-8-11(15(17(20)21)16(14)24-2)10-19-13-7-5-4-6-12(13)18(22)25-3/h4-9,19H,10H2,1-3H3,(H,20,21). The predicted octanol–water partition coefficient (Wildman–Crippen LogP) is 2.80. The summed E-state index contributed by atoms with van der Waals surface area (Å²) in [7, 11) is 4.12. The summed E-state index contributed by atoms with van der Waals surface area (Å²) in [5.74, 6) is -1.13. The molecule has 0 saturated carbocycles. The van der Waals surface area contributed by atoms with Crippen LogP contribution in [0.25, 0.3) is 0 Å². The largest absolute Gasteiger partial charge is 0.493 e. The van der Waals surface area contributed by atoms with Gasteiger partial charge in [0.25, 0.3) is 0 Å². The lowest BCUT2D eigenvalue weighted by molar-refractivity contribution is 0.0600. The minimum Gasteiger partial charge on any atom is -0.493 e. The monoisotopic (exact) mass is 345 g/mol. The number of hydrogen-bond acceptors (Lipinski definition) is 6. The average molecular weight is 345 g/mol. The molecule has 0 aliphatic heterocycles. The number of carboxylic acid groups (broad SMARTS) is 1. The third-order valence-corrected chi connectivity index (χ3v) is 3.65. The molecular formula is C18H19NO6. The van der Waals surface area contributed by atoms with Gasteiger partial charge < -0.3 is 24.6 Å². The van der Waals surface area contributed by atoms with E-state index in [0.29, 0.717) is 22.6 Å². The molecule has 0 aliphatic rings. The summed E-state index contributed by atoms with van der Waals surface area (Å²) in [5.41, 5.74) is 1.40. The maximum atomic E-state index is 11.8. The van der Waals surface area contributed by atoms with Crippen molar-refractivity contribution in [3.8, 4) is 11.5 Å². The fourth-order valence-electron chi connectivity index (χ4n) is 2.47. The summed E-state index contributed by atoms with van der Waals surface area (Å²) >= 11 is 0. The van der Waals surface area contributed by atoms with E-state index in [1.165, 1.54) is 21.3 Å². The molecule has 2 aromatic carbocycles. The number of methoxy groups -OCH3 is 3. The van der Waals surface area contributed by atoms with Crippen LogP contribution in [-0.2, 0) is 11.3 Å². The third-order valence-electron chi connectivity index (χ3n) is 3.65. The highest BCUT2D eigenvalue weighted by molar-refractivity contribution is 5.96. The van der Waals surface area contributed by atoms with Crippen LogP contribution < -0.4 is 14.8 Å². The molecule has 2 aromatic rings. The van der Waals surface area contributed by atoms with Crippen LogP contribution in [0.2, 0.25) is 0 Å². The molecule has 0 radical (unpaired) electrons. The van der Waals surface area contributed by atoms with Crippen molar-refractivity contribution in [3.63, 3.8) is 0 Å². The lowest BCUT2D eigenvalue weighted by Crippen LogP contribution is -2.12. The van der Waals surface area contributed by atoms with E-state index in [1.54, 1.807) is 36.4 Å². The average Bonchev–Trinajstić information content (AvgIpc) is 2.64. The van der Waals surface area contributed by atoms with E-state index in [2.05, 4.69) is 5.32 Å². The van der Waals surface area contributed by atoms with Crippen LogP contribution in [0.4, 0.5) is 5.69 Å². The van der Waals surface area contributed by atoms with Gasteiger partial charge in [-0.15, -0.1) is 0 Å². The first-order chi connectivity index (χ1) is 12.0. The summed E-state index contributed by atoms with van der Waals surface area (Å²) in [6.45, 7) is 0.177. The number of anilines is 1. The molecule has 2 rings (SSSR count). The van der Waals surface area contributed by atoms with Crippen molar-refractivity contribution in [1.29, 1.82) is 0 Å². The lowest BCUT2D eigenvalue weighted by atomic mass is 10.0. The second kappa shape index (κ2) is 8.05. The zero-order valence-electron chi connectivity index (χ0n) is 14.2. The van der Waals surface area contributed by atoms with Gasteiger partial charge in [-0.25, -0.2) is 9.59 Å². The SMILES string of the molecule is COC(=O)c1ccccc1NCc1ccc(OC)c(OC)c1C(=O)O. The van der Waals surface area contributed by atoms with Crippen molar-refractivity contribution in [2.75, 3.05) is 26.6 Å². The molecule has 0 aliphatic carbocycles. The molecule has 0 amide bonds. The molecule has 0 atom stereocenters. The quantitative estimate of drug-likeness (QED) is 0.745. The molecular weight excluding hydrogens is 326 g/mol. The molecule has 132 valence electrons. The highest BCUT2D eigenvalue weighted by Crippen LogP contribution is 2.34. The third kappa shape index (κ3) is 3.82. The van der Waals surface area contributed by atoms with Crippen molar-refractivity contribution in [3.05, 3.63) is 53.1 Å². The van der Waals surface area contributed by atoms with Gasteiger partial charge in [-0.1, -0.05) is 18.2 Å². The van der Waals surface area contributed by atoms with Crippen LogP contribution in [-0.4, -0.2) is 38.4 Å². The van der Waals surface area contributed by atoms with E-state index in [1.807, 2.05) is 0 Å². The topological polar surface area (TPSA) is 94.1 Å². The summed E-state index contributed by atoms with van der Waals surface area (Å²) in [5, 5.41) is 12.6. The number of hydrogen-bond donors (Lipinski definition) is 2. The van der Waals surface area contributed by atoms with Crippen LogP contribution in [0.1, 0.15) is 26.3 Å². The highest BCUT2D eigenvalue weighted by atomic mass is 16.5. The van der Waals surface area contributed by atoms with Gasteiger partial charge in [-0.05, 0) is 23.8 Å². The van der Waals surface area contributed by atoms with Gasteiger partial charge in [-0.3, -0.25) is 0 Å². The highest BCUT2D eigenvalue weighted by Gasteiger charge is 2.21. The molecule has 0 spiro atoms. The van der Waals surface area contributed by atoms with Gasteiger partial charge in [0.05, 0.1) is 26.9 Å². The molecule has 0 fully saturated rings. The van der Waals surface area contributed by atoms with Gasteiger partial charge in [0.2, 0.25) is 0 Å². The molecule has 0 unspecified atom stereocenters. The Labute approximate surface area is 145 Å². The van der Waals surface area contributed by atoms with Gasteiger partial charge in [0.15, 0.2) is 11.5 Å². The van der Waals surface area contributed by atoms with Crippen molar-refractivity contribution in [2.24, 2.45) is 0 Å². The fraction of sp³-hybridized carbons (Fsp3) is 0.222. The second-order valence-electron chi connectivity index (χ2n) is 5.03.